The van der Waals surface area contributed by atoms with Gasteiger partial charge >= 0.3 is 0 Å². The molecule has 39 nitrogen and oxygen atoms in total. The number of benzene rings is 3. The molecule has 5 heterocycles. The molecule has 13 atom stereocenters. The second kappa shape index (κ2) is 47.2. The largest absolute Gasteiger partial charge is 0.508 e. The molecule has 4 fully saturated rings. The first-order chi connectivity index (χ1) is 61.5. The Morgan fingerprint density at radius 2 is 1.02 bits per heavy atom. The third kappa shape index (κ3) is 26.5. The van der Waals surface area contributed by atoms with Crippen molar-refractivity contribution in [3.05, 3.63) is 102 Å². The molecule has 3 saturated heterocycles. The summed E-state index contributed by atoms with van der Waals surface area (Å²) in [5.74, 6) is -15.7. The molecule has 1 aliphatic carbocycles. The van der Waals surface area contributed by atoms with E-state index in [1.165, 1.54) is 67.0 Å². The number of aromatic nitrogens is 2. The van der Waals surface area contributed by atoms with Crippen molar-refractivity contribution in [1.82, 2.24) is 87.6 Å². The lowest BCUT2D eigenvalue weighted by Crippen LogP contribution is -2.64. The van der Waals surface area contributed by atoms with Gasteiger partial charge in [0, 0.05) is 100.0 Å². The van der Waals surface area contributed by atoms with Gasteiger partial charge in [0.15, 0.2) is 0 Å². The lowest BCUT2D eigenvalue weighted by atomic mass is 9.94. The molecule has 3 aliphatic heterocycles. The van der Waals surface area contributed by atoms with E-state index in [-0.39, 0.29) is 114 Å². The van der Waals surface area contributed by atoms with Crippen molar-refractivity contribution < 1.29 is 86.6 Å². The quantitative estimate of drug-likeness (QED) is 0.0400. The summed E-state index contributed by atoms with van der Waals surface area (Å²) >= 11 is 0.824. The number of nitrogens with zero attached hydrogens (tertiary/aromatic N) is 5. The fraction of sp³-hybridized carbons (Fsp3) is 0.562. The Bertz CT molecular complexity index is 4860. The number of nitrogens with one attached hydrogen (secondary N) is 12. The van der Waals surface area contributed by atoms with Crippen LogP contribution in [-0.2, 0) is 101 Å². The zero-order chi connectivity index (χ0) is 94.1. The van der Waals surface area contributed by atoms with E-state index in [2.05, 4.69) is 63.1 Å². The highest BCUT2D eigenvalue weighted by Gasteiger charge is 2.48. The van der Waals surface area contributed by atoms with Crippen LogP contribution in [0.3, 0.4) is 0 Å². The summed E-state index contributed by atoms with van der Waals surface area (Å²) in [6.45, 7) is 7.23. The summed E-state index contributed by atoms with van der Waals surface area (Å²) in [6, 6.07) is 1.52. The number of rotatable bonds is 22. The number of fused-ring (bicyclic) bond motifs is 4. The van der Waals surface area contributed by atoms with Crippen LogP contribution < -0.4 is 76.1 Å². The fourth-order valence-corrected chi connectivity index (χ4v) is 18.0. The third-order valence-corrected chi connectivity index (χ3v) is 25.5. The van der Waals surface area contributed by atoms with Gasteiger partial charge in [-0.1, -0.05) is 115 Å². The van der Waals surface area contributed by atoms with Crippen LogP contribution in [0.1, 0.15) is 160 Å². The van der Waals surface area contributed by atoms with Gasteiger partial charge in [-0.3, -0.25) is 81.5 Å². The molecule has 21 N–H and O–H groups in total. The summed E-state index contributed by atoms with van der Waals surface area (Å²) in [5, 5.41) is 38.9. The normalized spacial score (nSPS) is 25.2. The lowest BCUT2D eigenvalue weighted by Gasteiger charge is -2.38. The molecule has 0 unspecified atom stereocenters. The molecule has 129 heavy (non-hydrogen) atoms. The zero-order valence-corrected chi connectivity index (χ0v) is 75.4. The monoisotopic (exact) mass is 1810 g/mol. The Labute approximate surface area is 753 Å². The second-order valence-corrected chi connectivity index (χ2v) is 35.4. The van der Waals surface area contributed by atoms with E-state index in [4.69, 9.17) is 22.9 Å². The van der Waals surface area contributed by atoms with E-state index in [9.17, 15) is 48.3 Å². The number of carbonyl (C=O) groups is 17. The SMILES string of the molecule is CCCC[C@H]1C(=O)N(C)[C@@H](CCCC)C(=O)NC2(CCCC2)C(=O)N[C@H](C(=O)NCC(N)=O)CSCC(=O)N[C@@H](Cc2ccc(O)cc2)C(=O)N(C)[C@@H](C)C(=O)N[C@@H](CC(N)=O)C(=O)N2CCC[C@H]2C(=O)N[C@@H](CN)C(=O)N[C@@H](CC(C)C)C(=O)N2CCC[C@H]2C(=O)N[C@@H](Cc2c[nH]c3ccccc23)C(=O)N[C@@H](CCN)C(=O)N[C@@H](Cc2c[nH]c3ccccc23)C(=O)N1C. The number of aromatic amines is 2. The molecule has 1 saturated carbocycles. The zero-order valence-electron chi connectivity index (χ0n) is 74.6. The summed E-state index contributed by atoms with van der Waals surface area (Å²) in [5.41, 5.74) is 24.9. The number of thioether (sulfide) groups is 1. The number of nitrogens with two attached hydrogens (primary N) is 4. The van der Waals surface area contributed by atoms with Gasteiger partial charge in [-0.2, -0.15) is 0 Å². The number of para-hydroxylation sites is 2. The minimum absolute atomic E-state index is 0.0170. The van der Waals surface area contributed by atoms with E-state index in [1.807, 2.05) is 50.2 Å². The summed E-state index contributed by atoms with van der Waals surface area (Å²) in [7, 11) is 4.08. The molecular weight excluding hydrogens is 1680 g/mol. The van der Waals surface area contributed by atoms with Crippen molar-refractivity contribution in [2.45, 2.75) is 247 Å². The Morgan fingerprint density at radius 3 is 1.58 bits per heavy atom. The molecule has 2 aromatic heterocycles. The molecule has 702 valence electrons. The number of primary amides is 2. The Balaban J connectivity index is 1.08. The highest BCUT2D eigenvalue weighted by atomic mass is 32.2. The smallest absolute Gasteiger partial charge is 0.246 e. The van der Waals surface area contributed by atoms with Gasteiger partial charge in [0.1, 0.15) is 89.8 Å². The number of unbranched alkanes of at least 4 members (excludes halogenated alkanes) is 2. The van der Waals surface area contributed by atoms with Gasteiger partial charge in [-0.15, -0.1) is 11.8 Å². The molecule has 3 aromatic carbocycles. The first-order valence-electron chi connectivity index (χ1n) is 44.4. The van der Waals surface area contributed by atoms with Crippen LogP contribution in [0.4, 0.5) is 0 Å². The molecule has 0 bridgehead atoms. The van der Waals surface area contributed by atoms with E-state index in [0.717, 1.165) is 21.6 Å². The summed E-state index contributed by atoms with van der Waals surface area (Å²) in [4.78, 5) is 262. The molecule has 4 aliphatic rings. The molecule has 5 aromatic rings. The number of hydrogen-bond acceptors (Lipinski definition) is 21. The van der Waals surface area contributed by atoms with Crippen LogP contribution in [0.2, 0.25) is 0 Å². The maximum absolute atomic E-state index is 15.8. The number of carbonyl (C=O) groups excluding carboxylic acids is 17. The molecule has 9 rings (SSSR count). The van der Waals surface area contributed by atoms with E-state index in [0.29, 0.717) is 83.4 Å². The highest BCUT2D eigenvalue weighted by Crippen LogP contribution is 2.33. The number of likely N-dealkylation sites (N-methyl/N-ethyl adjacent to an activating group) is 3. The van der Waals surface area contributed by atoms with Crippen LogP contribution in [0.5, 0.6) is 5.75 Å². The number of phenolic OH excluding ortho intramolecular Hbond substituents is 1. The predicted molar refractivity (Wildman–Crippen MR) is 480 cm³/mol. The molecule has 17 amide bonds. The number of amides is 17. The summed E-state index contributed by atoms with van der Waals surface area (Å²) in [6.07, 6.45) is 5.44. The van der Waals surface area contributed by atoms with Crippen LogP contribution in [0.15, 0.2) is 85.2 Å². The van der Waals surface area contributed by atoms with Crippen molar-refractivity contribution in [2.24, 2.45) is 28.9 Å². The average Bonchev–Trinajstić information content (AvgIpc) is 1.77. The number of hydrogen-bond donors (Lipinski definition) is 17. The Kier molecular flexibility index (Phi) is 36.8. The van der Waals surface area contributed by atoms with Crippen LogP contribution in [0.25, 0.3) is 21.8 Å². The first-order valence-corrected chi connectivity index (χ1v) is 45.5. The minimum Gasteiger partial charge on any atom is -0.508 e. The van der Waals surface area contributed by atoms with Crippen molar-refractivity contribution in [2.75, 3.05) is 65.4 Å². The first kappa shape index (κ1) is 101. The maximum Gasteiger partial charge on any atom is 0.246 e. The average molecular weight is 1810 g/mol. The lowest BCUT2D eigenvalue weighted by molar-refractivity contribution is -0.150. The molecule has 40 heteroatoms. The summed E-state index contributed by atoms with van der Waals surface area (Å²) < 4.78 is 0. The fourth-order valence-electron chi connectivity index (χ4n) is 17.1. The van der Waals surface area contributed by atoms with Crippen LogP contribution in [0, 0.1) is 5.92 Å². The van der Waals surface area contributed by atoms with Gasteiger partial charge in [0.2, 0.25) is 100 Å². The standard InChI is InChI=1S/C89H127N21O18S/c1-9-11-25-68-82(122)105-89(34-17-18-35-89)88(128)104-67(76(116)96-47-73(93)113)48-129-49-74(114)97-63(40-52-29-31-55(111)32-30-52)83(123)106(6)51(5)75(115)100-65(43-72(92)112)86(126)110-38-20-28-70(110)81(121)103-66(44-91)79(119)101-62(39-50(3)4)85(125)109-37-19-27-69(109)80(120)99-61(41-53-45-94-58-23-15-13-21-56(53)58)78(118)98-60(33-36-90)77(117)102-64(42-54-46-95-59-24-16-14-22-57(54)59)84(124)108(8)71(26-12-10-2)87(127)107(68)7/h13-16,21-24,29-32,45-46,50-51,60-71,94-95,111H,9-12,17-20,25-28,33-44,47-49,90-91H2,1-8H3,(H2,92,112)(H2,93,113)(H,96,116)(H,97,114)(H,98,118)(H,99,120)(H,100,115)(H,101,119)(H,102,117)(H,103,121)(H,104,128)(H,105,122)/t51-,60-,61-,62-,63-,64-,65-,66-,67-,68-,69-,70-,71-/m0/s1. The third-order valence-electron chi connectivity index (χ3n) is 24.4. The van der Waals surface area contributed by atoms with Gasteiger partial charge < -0.3 is 116 Å². The minimum atomic E-state index is -1.73. The van der Waals surface area contributed by atoms with Crippen molar-refractivity contribution in [3.63, 3.8) is 0 Å². The van der Waals surface area contributed by atoms with E-state index >= 15 is 38.4 Å². The van der Waals surface area contributed by atoms with Gasteiger partial charge in [0.05, 0.1) is 18.7 Å². The van der Waals surface area contributed by atoms with Gasteiger partial charge in [-0.25, -0.2) is 0 Å². The second-order valence-electron chi connectivity index (χ2n) is 34.3. The molecular formula is C89H127N21O18S. The molecule has 1 spiro atoms. The Hall–Kier alpha value is -12.2. The Morgan fingerprint density at radius 1 is 0.527 bits per heavy atom. The number of aromatic hydroxyl groups is 1. The van der Waals surface area contributed by atoms with Crippen molar-refractivity contribution >= 4 is 134 Å². The topological polar surface area (TPSA) is 583 Å². The predicted octanol–water partition coefficient (Wildman–Crippen LogP) is -0.869. The highest BCUT2D eigenvalue weighted by molar-refractivity contribution is 8.00. The van der Waals surface area contributed by atoms with Crippen molar-refractivity contribution in [1.29, 1.82) is 0 Å². The number of phenols is 1. The number of H-pyrrole nitrogens is 2. The van der Waals surface area contributed by atoms with Gasteiger partial charge in [0.25, 0.3) is 0 Å². The maximum atomic E-state index is 15.8. The van der Waals surface area contributed by atoms with Crippen LogP contribution >= 0.6 is 11.8 Å². The van der Waals surface area contributed by atoms with E-state index in [1.54, 1.807) is 38.4 Å². The van der Waals surface area contributed by atoms with Crippen molar-refractivity contribution in [3.8, 4) is 5.75 Å². The van der Waals surface area contributed by atoms with Crippen LogP contribution in [-0.4, -0.2) is 289 Å². The molecule has 0 radical (unpaired) electrons. The van der Waals surface area contributed by atoms with Gasteiger partial charge in [-0.05, 0) is 125 Å². The van der Waals surface area contributed by atoms with E-state index < -0.39 is 210 Å².